The molecule has 0 unspecified atom stereocenters. The van der Waals surface area contributed by atoms with E-state index >= 15 is 0 Å². The van der Waals surface area contributed by atoms with Gasteiger partial charge >= 0.3 is 0 Å². The molecule has 0 amide bonds. The fraction of sp³-hybridized carbons (Fsp3) is 0.923. The summed E-state index contributed by atoms with van der Waals surface area (Å²) in [5.74, 6) is -0.406. The van der Waals surface area contributed by atoms with Crippen LogP contribution >= 0.6 is 22.6 Å². The Morgan fingerprint density at radius 2 is 1.83 bits per heavy atom. The highest BCUT2D eigenvalue weighted by Crippen LogP contribution is 2.56. The van der Waals surface area contributed by atoms with E-state index in [1.54, 1.807) is 0 Å². The molecule has 0 aromatic rings. The Bertz CT molecular complexity index is 410. The molecule has 3 aliphatic rings. The van der Waals surface area contributed by atoms with Crippen molar-refractivity contribution in [3.8, 4) is 0 Å². The zero-order valence-electron chi connectivity index (χ0n) is 11.2. The standard InChI is InChI=1S/C13H19IO4/c1-11(2)16-9-10(17-11)13(4)7(6-14)8(15)5-12(9,3)18-13/h7,9-10H,5-6H2,1-4H3/t7-,9-,10+,12+,13-/m1/s1. The molecule has 3 rings (SSSR count). The van der Waals surface area contributed by atoms with Crippen LogP contribution in [-0.4, -0.2) is 39.4 Å². The number of ketones is 1. The van der Waals surface area contributed by atoms with Crippen LogP contribution in [0.4, 0.5) is 0 Å². The summed E-state index contributed by atoms with van der Waals surface area (Å²) in [7, 11) is 0. The normalized spacial score (nSPS) is 53.6. The van der Waals surface area contributed by atoms with Crippen LogP contribution in [0.3, 0.4) is 0 Å². The van der Waals surface area contributed by atoms with Crippen molar-refractivity contribution in [3.63, 3.8) is 0 Å². The molecule has 0 radical (unpaired) electrons. The predicted molar refractivity (Wildman–Crippen MR) is 73.7 cm³/mol. The zero-order valence-corrected chi connectivity index (χ0v) is 13.3. The minimum atomic E-state index is -0.585. The second-order valence-corrected chi connectivity index (χ2v) is 7.31. The Balaban J connectivity index is 2.05. The summed E-state index contributed by atoms with van der Waals surface area (Å²) < 4.78 is 19.0. The molecule has 18 heavy (non-hydrogen) atoms. The summed E-state index contributed by atoms with van der Waals surface area (Å²) >= 11 is 2.26. The summed E-state index contributed by atoms with van der Waals surface area (Å²) in [6.45, 7) is 7.83. The molecular formula is C13H19IO4. The Morgan fingerprint density at radius 1 is 1.22 bits per heavy atom. The van der Waals surface area contributed by atoms with E-state index in [0.29, 0.717) is 6.42 Å². The lowest BCUT2D eigenvalue weighted by Gasteiger charge is -2.43. The van der Waals surface area contributed by atoms with Gasteiger partial charge in [-0.2, -0.15) is 0 Å². The Labute approximate surface area is 121 Å². The second-order valence-electron chi connectivity index (χ2n) is 6.43. The van der Waals surface area contributed by atoms with E-state index < -0.39 is 17.0 Å². The number of Topliss-reactive ketones (excluding diaryl/α,β-unsaturated/α-hetero) is 1. The van der Waals surface area contributed by atoms with Crippen molar-refractivity contribution >= 4 is 28.4 Å². The van der Waals surface area contributed by atoms with Crippen molar-refractivity contribution in [2.45, 2.75) is 63.3 Å². The first-order chi connectivity index (χ1) is 8.22. The SMILES string of the molecule is CC1(C)O[C@@H]2[C@H](O1)[C@]1(C)O[C@@]2(C)CC(=O)[C@H]1CI. The molecule has 3 fully saturated rings. The predicted octanol–water partition coefficient (Wildman–Crippen LogP) is 2.08. The highest BCUT2D eigenvalue weighted by atomic mass is 127. The first-order valence-corrected chi connectivity index (χ1v) is 7.89. The minimum Gasteiger partial charge on any atom is -0.362 e. The molecule has 4 nitrogen and oxygen atoms in total. The number of hydrogen-bond donors (Lipinski definition) is 0. The number of halogens is 1. The monoisotopic (exact) mass is 366 g/mol. The van der Waals surface area contributed by atoms with Crippen LogP contribution < -0.4 is 0 Å². The van der Waals surface area contributed by atoms with Gasteiger partial charge in [0.1, 0.15) is 29.2 Å². The van der Waals surface area contributed by atoms with Gasteiger partial charge in [-0.05, 0) is 27.7 Å². The number of rotatable bonds is 1. The Hall–Kier alpha value is 0.280. The van der Waals surface area contributed by atoms with Gasteiger partial charge in [0.2, 0.25) is 0 Å². The summed E-state index contributed by atoms with van der Waals surface area (Å²) in [5, 5.41) is 0. The number of fused-ring (bicyclic) bond motifs is 5. The van der Waals surface area contributed by atoms with Gasteiger partial charge in [0.25, 0.3) is 0 Å². The topological polar surface area (TPSA) is 44.8 Å². The molecule has 0 saturated carbocycles. The van der Waals surface area contributed by atoms with Crippen LogP contribution in [0.25, 0.3) is 0 Å². The van der Waals surface area contributed by atoms with Gasteiger partial charge in [0.05, 0.1) is 5.92 Å². The molecule has 3 saturated heterocycles. The van der Waals surface area contributed by atoms with Gasteiger partial charge in [0.15, 0.2) is 5.79 Å². The molecule has 0 aromatic carbocycles. The molecule has 3 aliphatic heterocycles. The third-order valence-corrected chi connectivity index (χ3v) is 5.36. The third-order valence-electron chi connectivity index (χ3n) is 4.48. The van der Waals surface area contributed by atoms with E-state index in [0.717, 1.165) is 4.43 Å². The molecule has 0 spiro atoms. The van der Waals surface area contributed by atoms with Gasteiger partial charge in [-0.25, -0.2) is 0 Å². The van der Waals surface area contributed by atoms with Crippen LogP contribution in [0.1, 0.15) is 34.1 Å². The van der Waals surface area contributed by atoms with Crippen molar-refractivity contribution in [2.24, 2.45) is 5.92 Å². The quantitative estimate of drug-likeness (QED) is 0.527. The van der Waals surface area contributed by atoms with Crippen molar-refractivity contribution in [1.29, 1.82) is 0 Å². The molecule has 0 aromatic heterocycles. The summed E-state index contributed by atoms with van der Waals surface area (Å²) in [4.78, 5) is 12.3. The van der Waals surface area contributed by atoms with E-state index in [1.165, 1.54) is 0 Å². The van der Waals surface area contributed by atoms with Crippen molar-refractivity contribution in [1.82, 2.24) is 0 Å². The second kappa shape index (κ2) is 3.68. The van der Waals surface area contributed by atoms with Crippen LogP contribution in [0, 0.1) is 5.92 Å². The number of hydrogen-bond acceptors (Lipinski definition) is 4. The first-order valence-electron chi connectivity index (χ1n) is 6.36. The van der Waals surface area contributed by atoms with E-state index in [-0.39, 0.29) is 23.9 Å². The zero-order chi connectivity index (χ0) is 13.3. The van der Waals surface area contributed by atoms with Gasteiger partial charge < -0.3 is 14.2 Å². The fourth-order valence-corrected chi connectivity index (χ4v) is 5.04. The molecule has 5 heteroatoms. The van der Waals surface area contributed by atoms with E-state index in [9.17, 15) is 4.79 Å². The van der Waals surface area contributed by atoms with Gasteiger partial charge in [-0.15, -0.1) is 0 Å². The molecule has 3 heterocycles. The fourth-order valence-electron chi connectivity index (χ4n) is 3.68. The van der Waals surface area contributed by atoms with Crippen LogP contribution in [0.5, 0.6) is 0 Å². The highest BCUT2D eigenvalue weighted by molar-refractivity contribution is 14.1. The lowest BCUT2D eigenvalue weighted by molar-refractivity contribution is -0.245. The van der Waals surface area contributed by atoms with E-state index in [1.807, 2.05) is 27.7 Å². The summed E-state index contributed by atoms with van der Waals surface area (Å²) in [6, 6.07) is 0. The lowest BCUT2D eigenvalue weighted by Crippen LogP contribution is -2.54. The third kappa shape index (κ3) is 1.57. The average molecular weight is 366 g/mol. The molecule has 0 N–H and O–H groups in total. The molecule has 102 valence electrons. The summed E-state index contributed by atoms with van der Waals surface area (Å²) in [5.41, 5.74) is -1.09. The van der Waals surface area contributed by atoms with Gasteiger partial charge in [-0.1, -0.05) is 22.6 Å². The number of ether oxygens (including phenoxy) is 3. The van der Waals surface area contributed by atoms with Crippen molar-refractivity contribution in [3.05, 3.63) is 0 Å². The van der Waals surface area contributed by atoms with E-state index in [4.69, 9.17) is 14.2 Å². The lowest BCUT2D eigenvalue weighted by atomic mass is 9.82. The first kappa shape index (κ1) is 13.3. The highest BCUT2D eigenvalue weighted by Gasteiger charge is 2.71. The van der Waals surface area contributed by atoms with Crippen LogP contribution in [0.15, 0.2) is 0 Å². The van der Waals surface area contributed by atoms with Crippen molar-refractivity contribution < 1.29 is 19.0 Å². The maximum absolute atomic E-state index is 12.3. The minimum absolute atomic E-state index is 0.0984. The van der Waals surface area contributed by atoms with Crippen molar-refractivity contribution in [2.75, 3.05) is 4.43 Å². The largest absolute Gasteiger partial charge is 0.362 e. The maximum atomic E-state index is 12.3. The van der Waals surface area contributed by atoms with Crippen LogP contribution in [-0.2, 0) is 19.0 Å². The Morgan fingerprint density at radius 3 is 2.44 bits per heavy atom. The number of carbonyl (C=O) groups excluding carboxylic acids is 1. The number of alkyl halides is 1. The van der Waals surface area contributed by atoms with Crippen LogP contribution in [0.2, 0.25) is 0 Å². The average Bonchev–Trinajstić information content (AvgIpc) is 2.61. The van der Waals surface area contributed by atoms with E-state index in [2.05, 4.69) is 22.6 Å². The molecule has 0 aliphatic carbocycles. The Kier molecular flexibility index (Phi) is 2.71. The maximum Gasteiger partial charge on any atom is 0.164 e. The smallest absolute Gasteiger partial charge is 0.164 e. The molecule has 5 atom stereocenters. The number of carbonyl (C=O) groups is 1. The summed E-state index contributed by atoms with van der Waals surface area (Å²) in [6.07, 6.45) is 0.134. The molecule has 2 bridgehead atoms. The van der Waals surface area contributed by atoms with Gasteiger partial charge in [-0.3, -0.25) is 4.79 Å². The molecular weight excluding hydrogens is 347 g/mol. The van der Waals surface area contributed by atoms with Gasteiger partial charge in [0, 0.05) is 10.8 Å².